The molecule has 1 N–H and O–H groups in total. The Morgan fingerprint density at radius 1 is 1.15 bits per heavy atom. The molecule has 0 amide bonds. The second-order valence-corrected chi connectivity index (χ2v) is 6.01. The molecule has 2 aromatic rings. The van der Waals surface area contributed by atoms with E-state index in [9.17, 15) is 0 Å². The normalized spacial score (nSPS) is 12.9. The minimum absolute atomic E-state index is 0.397. The van der Waals surface area contributed by atoms with Gasteiger partial charge in [-0.25, -0.2) is 0 Å². The quantitative estimate of drug-likeness (QED) is 0.673. The highest BCUT2D eigenvalue weighted by molar-refractivity contribution is 7.17. The molecule has 3 heteroatoms. The Labute approximate surface area is 126 Å². The van der Waals surface area contributed by atoms with Crippen molar-refractivity contribution in [3.8, 4) is 0 Å². The van der Waals surface area contributed by atoms with Crippen LogP contribution < -0.4 is 5.32 Å². The third kappa shape index (κ3) is 4.05. The van der Waals surface area contributed by atoms with Crippen LogP contribution in [0, 0.1) is 0 Å². The number of fused-ring (bicyclic) bond motifs is 1. The fourth-order valence-corrected chi connectivity index (χ4v) is 3.39. The molecule has 0 aliphatic rings. The number of hydrogen-bond acceptors (Lipinski definition) is 3. The van der Waals surface area contributed by atoms with Crippen molar-refractivity contribution < 1.29 is 4.74 Å². The van der Waals surface area contributed by atoms with Gasteiger partial charge in [0.2, 0.25) is 0 Å². The molecule has 0 saturated heterocycles. The summed E-state index contributed by atoms with van der Waals surface area (Å²) < 4.78 is 7.09. The highest BCUT2D eigenvalue weighted by atomic mass is 32.1. The largest absolute Gasteiger partial charge is 0.381 e. The molecule has 0 aliphatic carbocycles. The summed E-state index contributed by atoms with van der Waals surface area (Å²) in [4.78, 5) is 0. The van der Waals surface area contributed by atoms with Gasteiger partial charge in [-0.1, -0.05) is 32.0 Å². The van der Waals surface area contributed by atoms with Crippen LogP contribution in [0.4, 0.5) is 0 Å². The summed E-state index contributed by atoms with van der Waals surface area (Å²) in [5, 5.41) is 7.20. The first-order valence-corrected chi connectivity index (χ1v) is 8.52. The summed E-state index contributed by atoms with van der Waals surface area (Å²) in [5.74, 6) is 0. The van der Waals surface area contributed by atoms with Crippen molar-refractivity contribution in [1.29, 1.82) is 0 Å². The van der Waals surface area contributed by atoms with Gasteiger partial charge in [-0.05, 0) is 48.2 Å². The third-order valence-corrected chi connectivity index (χ3v) is 4.40. The number of hydrogen-bond donors (Lipinski definition) is 1. The molecule has 1 heterocycles. The predicted molar refractivity (Wildman–Crippen MR) is 88.6 cm³/mol. The summed E-state index contributed by atoms with van der Waals surface area (Å²) in [6.07, 6.45) is 3.29. The standard InChI is InChI=1S/C17H25NOS/c1-3-10-18-16(8-12-19-11-4-2)15-7-5-6-14-9-13-20-17(14)15/h5-7,9,13,16,18H,3-4,8,10-12H2,1-2H3. The van der Waals surface area contributed by atoms with E-state index in [0.717, 1.165) is 39.0 Å². The lowest BCUT2D eigenvalue weighted by Crippen LogP contribution is -2.23. The Hall–Kier alpha value is -0.900. The van der Waals surface area contributed by atoms with Crippen LogP contribution in [0.15, 0.2) is 29.6 Å². The number of thiophene rings is 1. The average molecular weight is 291 g/mol. The van der Waals surface area contributed by atoms with E-state index >= 15 is 0 Å². The summed E-state index contributed by atoms with van der Waals surface area (Å²) in [6, 6.07) is 9.21. The van der Waals surface area contributed by atoms with E-state index in [1.165, 1.54) is 15.6 Å². The van der Waals surface area contributed by atoms with Gasteiger partial charge >= 0.3 is 0 Å². The van der Waals surface area contributed by atoms with Gasteiger partial charge in [-0.15, -0.1) is 11.3 Å². The van der Waals surface area contributed by atoms with Crippen LogP contribution in [-0.2, 0) is 4.74 Å². The average Bonchev–Trinajstić information content (AvgIpc) is 2.95. The first kappa shape index (κ1) is 15.5. The van der Waals surface area contributed by atoms with Gasteiger partial charge in [0.1, 0.15) is 0 Å². The van der Waals surface area contributed by atoms with Crippen molar-refractivity contribution in [2.75, 3.05) is 19.8 Å². The lowest BCUT2D eigenvalue weighted by Gasteiger charge is -2.20. The fourth-order valence-electron chi connectivity index (χ4n) is 2.42. The fraction of sp³-hybridized carbons (Fsp3) is 0.529. The van der Waals surface area contributed by atoms with Gasteiger partial charge in [0, 0.05) is 24.0 Å². The summed E-state index contributed by atoms with van der Waals surface area (Å²) >= 11 is 1.84. The Bertz CT molecular complexity index is 508. The van der Waals surface area contributed by atoms with Gasteiger partial charge in [-0.2, -0.15) is 0 Å². The van der Waals surface area contributed by atoms with Crippen molar-refractivity contribution in [1.82, 2.24) is 5.32 Å². The van der Waals surface area contributed by atoms with Gasteiger partial charge in [0.15, 0.2) is 0 Å². The second-order valence-electron chi connectivity index (χ2n) is 5.09. The molecule has 0 spiro atoms. The second kappa shape index (κ2) is 8.40. The first-order chi connectivity index (χ1) is 9.86. The van der Waals surface area contributed by atoms with Crippen LogP contribution in [0.25, 0.3) is 10.1 Å². The van der Waals surface area contributed by atoms with E-state index < -0.39 is 0 Å². The van der Waals surface area contributed by atoms with E-state index in [0.29, 0.717) is 6.04 Å². The Morgan fingerprint density at radius 2 is 2.05 bits per heavy atom. The summed E-state index contributed by atoms with van der Waals surface area (Å²) in [5.41, 5.74) is 1.42. The number of nitrogens with one attached hydrogen (secondary N) is 1. The molecule has 20 heavy (non-hydrogen) atoms. The maximum Gasteiger partial charge on any atom is 0.0484 e. The van der Waals surface area contributed by atoms with Crippen LogP contribution in [-0.4, -0.2) is 19.8 Å². The predicted octanol–water partition coefficient (Wildman–Crippen LogP) is 4.76. The molecule has 110 valence electrons. The molecule has 0 radical (unpaired) electrons. The Kier molecular flexibility index (Phi) is 6.51. The van der Waals surface area contributed by atoms with Gasteiger partial charge in [-0.3, -0.25) is 0 Å². The topological polar surface area (TPSA) is 21.3 Å². The molecule has 0 bridgehead atoms. The number of ether oxygens (including phenoxy) is 1. The van der Waals surface area contributed by atoms with Gasteiger partial charge in [0.05, 0.1) is 0 Å². The zero-order valence-electron chi connectivity index (χ0n) is 12.5. The van der Waals surface area contributed by atoms with Crippen molar-refractivity contribution in [3.63, 3.8) is 0 Å². The first-order valence-electron chi connectivity index (χ1n) is 7.64. The molecule has 0 saturated carbocycles. The van der Waals surface area contributed by atoms with Crippen LogP contribution in [0.1, 0.15) is 44.7 Å². The van der Waals surface area contributed by atoms with Crippen molar-refractivity contribution in [2.24, 2.45) is 0 Å². The Balaban J connectivity index is 2.10. The minimum atomic E-state index is 0.397. The minimum Gasteiger partial charge on any atom is -0.381 e. The molecular weight excluding hydrogens is 266 g/mol. The van der Waals surface area contributed by atoms with Crippen LogP contribution >= 0.6 is 11.3 Å². The van der Waals surface area contributed by atoms with Crippen LogP contribution in [0.3, 0.4) is 0 Å². The van der Waals surface area contributed by atoms with Crippen LogP contribution in [0.2, 0.25) is 0 Å². The molecule has 0 aliphatic heterocycles. The lowest BCUT2D eigenvalue weighted by atomic mass is 10.0. The van der Waals surface area contributed by atoms with Crippen molar-refractivity contribution >= 4 is 21.4 Å². The maximum absolute atomic E-state index is 5.67. The van der Waals surface area contributed by atoms with E-state index in [1.54, 1.807) is 0 Å². The lowest BCUT2D eigenvalue weighted by molar-refractivity contribution is 0.124. The zero-order valence-corrected chi connectivity index (χ0v) is 13.3. The van der Waals surface area contributed by atoms with Gasteiger partial charge < -0.3 is 10.1 Å². The SMILES string of the molecule is CCCNC(CCOCCC)c1cccc2ccsc12. The van der Waals surface area contributed by atoms with Crippen LogP contribution in [0.5, 0.6) is 0 Å². The van der Waals surface area contributed by atoms with E-state index in [4.69, 9.17) is 4.74 Å². The molecule has 2 rings (SSSR count). The molecule has 1 unspecified atom stereocenters. The number of benzene rings is 1. The highest BCUT2D eigenvalue weighted by Gasteiger charge is 2.14. The molecule has 2 nitrogen and oxygen atoms in total. The summed E-state index contributed by atoms with van der Waals surface area (Å²) in [6.45, 7) is 7.11. The summed E-state index contributed by atoms with van der Waals surface area (Å²) in [7, 11) is 0. The molecule has 1 atom stereocenters. The third-order valence-electron chi connectivity index (χ3n) is 3.42. The molecule has 1 aromatic carbocycles. The van der Waals surface area contributed by atoms with Gasteiger partial charge in [0.25, 0.3) is 0 Å². The molecular formula is C17H25NOS. The smallest absolute Gasteiger partial charge is 0.0484 e. The molecule has 0 fully saturated rings. The highest BCUT2D eigenvalue weighted by Crippen LogP contribution is 2.30. The van der Waals surface area contributed by atoms with Crippen molar-refractivity contribution in [3.05, 3.63) is 35.2 Å². The van der Waals surface area contributed by atoms with E-state index in [-0.39, 0.29) is 0 Å². The monoisotopic (exact) mass is 291 g/mol. The van der Waals surface area contributed by atoms with Crippen molar-refractivity contribution in [2.45, 2.75) is 39.2 Å². The molecule has 1 aromatic heterocycles. The van der Waals surface area contributed by atoms with E-state index in [2.05, 4.69) is 48.8 Å². The number of rotatable bonds is 9. The Morgan fingerprint density at radius 3 is 2.85 bits per heavy atom. The maximum atomic E-state index is 5.67. The zero-order chi connectivity index (χ0) is 14.2. The van der Waals surface area contributed by atoms with E-state index in [1.807, 2.05) is 11.3 Å².